The van der Waals surface area contributed by atoms with Gasteiger partial charge in [0, 0.05) is 12.0 Å². The molecule has 0 bridgehead atoms. The van der Waals surface area contributed by atoms with Crippen molar-refractivity contribution in [2.24, 2.45) is 5.10 Å². The van der Waals surface area contributed by atoms with Crippen LogP contribution in [0.25, 0.3) is 0 Å². The summed E-state index contributed by atoms with van der Waals surface area (Å²) in [6.45, 7) is 1.73. The summed E-state index contributed by atoms with van der Waals surface area (Å²) in [5.74, 6) is -0.755. The van der Waals surface area contributed by atoms with Crippen molar-refractivity contribution >= 4 is 11.9 Å². The van der Waals surface area contributed by atoms with Gasteiger partial charge in [-0.3, -0.25) is 5.43 Å². The molecule has 84 valence electrons. The second-order valence-electron chi connectivity index (χ2n) is 3.48. The summed E-state index contributed by atoms with van der Waals surface area (Å²) in [5, 5.41) is 13.0. The smallest absolute Gasteiger partial charge is 0.371 e. The molecule has 1 atom stereocenters. The summed E-state index contributed by atoms with van der Waals surface area (Å²) in [5.41, 5.74) is 1.86. The van der Waals surface area contributed by atoms with E-state index >= 15 is 0 Å². The van der Waals surface area contributed by atoms with E-state index in [2.05, 4.69) is 10.5 Å². The standard InChI is InChI=1S/C11H12N2O3/c1-2-11(10(14)15)13-12-9(16-11)8-6-4-3-5-7-8/h3-7,13H,2H2,1H3,(H,14,15). The first kappa shape index (κ1) is 10.5. The SMILES string of the molecule is CCC1(C(=O)O)NN=C(c2ccccc2)O1. The molecular weight excluding hydrogens is 208 g/mol. The Morgan fingerprint density at radius 1 is 1.50 bits per heavy atom. The molecule has 5 heteroatoms. The summed E-state index contributed by atoms with van der Waals surface area (Å²) < 4.78 is 5.39. The molecule has 0 saturated heterocycles. The maximum atomic E-state index is 11.1. The number of carboxylic acids is 1. The lowest BCUT2D eigenvalue weighted by Gasteiger charge is -2.21. The molecule has 0 fully saturated rings. The van der Waals surface area contributed by atoms with E-state index in [-0.39, 0.29) is 0 Å². The largest absolute Gasteiger partial charge is 0.477 e. The van der Waals surface area contributed by atoms with Crippen LogP contribution in [-0.4, -0.2) is 22.7 Å². The van der Waals surface area contributed by atoms with Crippen molar-refractivity contribution < 1.29 is 14.6 Å². The number of hydrazone groups is 1. The van der Waals surface area contributed by atoms with Crippen molar-refractivity contribution in [2.75, 3.05) is 0 Å². The van der Waals surface area contributed by atoms with E-state index in [1.807, 2.05) is 30.3 Å². The molecule has 2 N–H and O–H groups in total. The second-order valence-corrected chi connectivity index (χ2v) is 3.48. The van der Waals surface area contributed by atoms with E-state index in [9.17, 15) is 4.79 Å². The highest BCUT2D eigenvalue weighted by atomic mass is 16.6. The maximum absolute atomic E-state index is 11.1. The molecule has 0 amide bonds. The van der Waals surface area contributed by atoms with Gasteiger partial charge in [0.25, 0.3) is 5.72 Å². The number of hydrogen-bond donors (Lipinski definition) is 2. The van der Waals surface area contributed by atoms with Gasteiger partial charge in [0.1, 0.15) is 0 Å². The Kier molecular flexibility index (Phi) is 2.52. The lowest BCUT2D eigenvalue weighted by atomic mass is 10.1. The second kappa shape index (κ2) is 3.84. The van der Waals surface area contributed by atoms with Gasteiger partial charge in [-0.15, -0.1) is 5.10 Å². The predicted molar refractivity (Wildman–Crippen MR) is 57.9 cm³/mol. The fourth-order valence-corrected chi connectivity index (χ4v) is 1.45. The fourth-order valence-electron chi connectivity index (χ4n) is 1.45. The summed E-state index contributed by atoms with van der Waals surface area (Å²) in [6.07, 6.45) is 0.294. The lowest BCUT2D eigenvalue weighted by molar-refractivity contribution is -0.158. The monoisotopic (exact) mass is 220 g/mol. The molecule has 0 saturated carbocycles. The summed E-state index contributed by atoms with van der Waals surface area (Å²) >= 11 is 0. The third kappa shape index (κ3) is 1.60. The number of benzene rings is 1. The quantitative estimate of drug-likeness (QED) is 0.801. The molecule has 1 heterocycles. The van der Waals surface area contributed by atoms with Gasteiger partial charge >= 0.3 is 5.97 Å². The fraction of sp³-hybridized carbons (Fsp3) is 0.273. The number of ether oxygens (including phenoxy) is 1. The maximum Gasteiger partial charge on any atom is 0.371 e. The Bertz CT molecular complexity index is 430. The predicted octanol–water partition coefficient (Wildman–Crippen LogP) is 1.16. The molecule has 0 radical (unpaired) electrons. The number of rotatable bonds is 3. The van der Waals surface area contributed by atoms with Crippen LogP contribution in [0.5, 0.6) is 0 Å². The van der Waals surface area contributed by atoms with Gasteiger partial charge in [0.2, 0.25) is 5.90 Å². The summed E-state index contributed by atoms with van der Waals surface area (Å²) in [7, 11) is 0. The third-order valence-corrected chi connectivity index (χ3v) is 2.47. The van der Waals surface area contributed by atoms with Crippen LogP contribution in [0.2, 0.25) is 0 Å². The van der Waals surface area contributed by atoms with Gasteiger partial charge in [0.05, 0.1) is 0 Å². The minimum atomic E-state index is -1.43. The Balaban J connectivity index is 2.22. The van der Waals surface area contributed by atoms with E-state index in [1.54, 1.807) is 6.92 Å². The highest BCUT2D eigenvalue weighted by Gasteiger charge is 2.44. The van der Waals surface area contributed by atoms with Gasteiger partial charge in [-0.25, -0.2) is 4.79 Å². The minimum Gasteiger partial charge on any atom is -0.477 e. The molecule has 1 aliphatic rings. The van der Waals surface area contributed by atoms with E-state index in [0.29, 0.717) is 12.3 Å². The van der Waals surface area contributed by atoms with Crippen LogP contribution in [0.1, 0.15) is 18.9 Å². The Morgan fingerprint density at radius 2 is 2.19 bits per heavy atom. The number of aliphatic carboxylic acids is 1. The normalized spacial score (nSPS) is 23.2. The third-order valence-electron chi connectivity index (χ3n) is 2.47. The van der Waals surface area contributed by atoms with Gasteiger partial charge in [0.15, 0.2) is 0 Å². The zero-order chi connectivity index (χ0) is 11.6. The van der Waals surface area contributed by atoms with Crippen molar-refractivity contribution in [3.05, 3.63) is 35.9 Å². The number of nitrogens with one attached hydrogen (secondary N) is 1. The Labute approximate surface area is 92.7 Å². The van der Waals surface area contributed by atoms with Crippen molar-refractivity contribution in [3.8, 4) is 0 Å². The van der Waals surface area contributed by atoms with Crippen LogP contribution in [0.4, 0.5) is 0 Å². The van der Waals surface area contributed by atoms with Gasteiger partial charge in [-0.1, -0.05) is 25.1 Å². The number of hydrogen-bond acceptors (Lipinski definition) is 4. The van der Waals surface area contributed by atoms with Gasteiger partial charge in [-0.05, 0) is 12.1 Å². The number of nitrogens with zero attached hydrogens (tertiary/aromatic N) is 1. The lowest BCUT2D eigenvalue weighted by Crippen LogP contribution is -2.48. The molecule has 16 heavy (non-hydrogen) atoms. The van der Waals surface area contributed by atoms with Crippen LogP contribution in [-0.2, 0) is 9.53 Å². The first-order valence-electron chi connectivity index (χ1n) is 5.00. The average Bonchev–Trinajstić information content (AvgIpc) is 2.76. The first-order valence-corrected chi connectivity index (χ1v) is 5.00. The first-order chi connectivity index (χ1) is 7.68. The molecule has 2 rings (SSSR count). The van der Waals surface area contributed by atoms with E-state index in [4.69, 9.17) is 9.84 Å². The Hall–Kier alpha value is -2.04. The molecule has 0 aromatic heterocycles. The molecule has 5 nitrogen and oxygen atoms in total. The zero-order valence-corrected chi connectivity index (χ0v) is 8.80. The van der Waals surface area contributed by atoms with Gasteiger partial charge in [-0.2, -0.15) is 0 Å². The van der Waals surface area contributed by atoms with Gasteiger partial charge < -0.3 is 9.84 Å². The van der Waals surface area contributed by atoms with Crippen molar-refractivity contribution in [1.82, 2.24) is 5.43 Å². The van der Waals surface area contributed by atoms with Crippen LogP contribution in [0.3, 0.4) is 0 Å². The van der Waals surface area contributed by atoms with Crippen LogP contribution < -0.4 is 5.43 Å². The highest BCUT2D eigenvalue weighted by Crippen LogP contribution is 2.21. The van der Waals surface area contributed by atoms with Crippen molar-refractivity contribution in [2.45, 2.75) is 19.1 Å². The summed E-state index contributed by atoms with van der Waals surface area (Å²) in [6, 6.07) is 9.18. The van der Waals surface area contributed by atoms with Crippen LogP contribution >= 0.6 is 0 Å². The topological polar surface area (TPSA) is 70.9 Å². The molecule has 0 aliphatic carbocycles. The molecule has 0 spiro atoms. The van der Waals surface area contributed by atoms with Crippen molar-refractivity contribution in [1.29, 1.82) is 0 Å². The summed E-state index contributed by atoms with van der Waals surface area (Å²) in [4.78, 5) is 11.1. The van der Waals surface area contributed by atoms with E-state index < -0.39 is 11.7 Å². The minimum absolute atomic E-state index is 0.294. The number of carboxylic acid groups (broad SMARTS) is 1. The number of carbonyl (C=O) groups is 1. The molecule has 1 aromatic carbocycles. The average molecular weight is 220 g/mol. The van der Waals surface area contributed by atoms with Crippen LogP contribution in [0, 0.1) is 0 Å². The van der Waals surface area contributed by atoms with E-state index in [1.165, 1.54) is 0 Å². The van der Waals surface area contributed by atoms with E-state index in [0.717, 1.165) is 5.56 Å². The van der Waals surface area contributed by atoms with Crippen LogP contribution in [0.15, 0.2) is 35.4 Å². The van der Waals surface area contributed by atoms with Crippen molar-refractivity contribution in [3.63, 3.8) is 0 Å². The zero-order valence-electron chi connectivity index (χ0n) is 8.80. The Morgan fingerprint density at radius 3 is 2.69 bits per heavy atom. The molecule has 1 unspecified atom stereocenters. The highest BCUT2D eigenvalue weighted by molar-refractivity contribution is 5.97. The molecule has 1 aromatic rings. The molecular formula is C11H12N2O3. The molecule has 1 aliphatic heterocycles.